The highest BCUT2D eigenvalue weighted by Gasteiger charge is 2.35. The molecule has 2 saturated heterocycles. The van der Waals surface area contributed by atoms with Crippen LogP contribution in [0.25, 0.3) is 0 Å². The van der Waals surface area contributed by atoms with Crippen LogP contribution in [0.5, 0.6) is 5.75 Å². The molecule has 0 spiro atoms. The SMILES string of the molecule is COc1cccc(N2CC(C(=O)Nc3ccc(S(=O)(=O)NCC4CCCO4)cc3)CC2=O)c1. The molecule has 2 aromatic rings. The van der Waals surface area contributed by atoms with Crippen LogP contribution in [0.1, 0.15) is 19.3 Å². The van der Waals surface area contributed by atoms with E-state index in [0.717, 1.165) is 12.8 Å². The molecule has 2 atom stereocenters. The maximum Gasteiger partial charge on any atom is 0.240 e. The number of hydrogen-bond acceptors (Lipinski definition) is 6. The van der Waals surface area contributed by atoms with E-state index in [-0.39, 0.29) is 42.3 Å². The summed E-state index contributed by atoms with van der Waals surface area (Å²) in [4.78, 5) is 26.9. The lowest BCUT2D eigenvalue weighted by molar-refractivity contribution is -0.122. The molecule has 10 heteroatoms. The number of methoxy groups -OCH3 is 1. The highest BCUT2D eigenvalue weighted by molar-refractivity contribution is 7.89. The van der Waals surface area contributed by atoms with Crippen LogP contribution in [0.2, 0.25) is 0 Å². The first kappa shape index (κ1) is 23.2. The molecule has 0 aliphatic carbocycles. The predicted molar refractivity (Wildman–Crippen MR) is 123 cm³/mol. The van der Waals surface area contributed by atoms with Crippen LogP contribution in [0.15, 0.2) is 53.4 Å². The Morgan fingerprint density at radius 2 is 2.00 bits per heavy atom. The standard InChI is InChI=1S/C23H27N3O6S/c1-31-19-5-2-4-18(13-19)26-15-16(12-22(26)27)23(28)25-17-7-9-21(10-8-17)33(29,30)24-14-20-6-3-11-32-20/h2,4-5,7-10,13,16,20,24H,3,6,11-12,14-15H2,1H3,(H,25,28). The smallest absolute Gasteiger partial charge is 0.240 e. The third kappa shape index (κ3) is 5.52. The molecule has 33 heavy (non-hydrogen) atoms. The zero-order valence-electron chi connectivity index (χ0n) is 18.3. The number of carbonyl (C=O) groups excluding carboxylic acids is 2. The minimum Gasteiger partial charge on any atom is -0.497 e. The molecular formula is C23H27N3O6S. The van der Waals surface area contributed by atoms with Gasteiger partial charge in [-0.15, -0.1) is 0 Å². The van der Waals surface area contributed by atoms with Gasteiger partial charge in [0.2, 0.25) is 21.8 Å². The minimum atomic E-state index is -3.66. The molecule has 2 heterocycles. The summed E-state index contributed by atoms with van der Waals surface area (Å²) in [6.45, 7) is 1.16. The molecule has 0 saturated carbocycles. The Labute approximate surface area is 193 Å². The molecule has 0 aromatic heterocycles. The minimum absolute atomic E-state index is 0.0935. The summed E-state index contributed by atoms with van der Waals surface area (Å²) in [6.07, 6.45) is 1.78. The number of rotatable bonds is 8. The van der Waals surface area contributed by atoms with E-state index in [1.807, 2.05) is 0 Å². The Morgan fingerprint density at radius 3 is 2.70 bits per heavy atom. The van der Waals surface area contributed by atoms with E-state index < -0.39 is 15.9 Å². The van der Waals surface area contributed by atoms with Gasteiger partial charge in [0, 0.05) is 43.6 Å². The lowest BCUT2D eigenvalue weighted by Crippen LogP contribution is -2.31. The van der Waals surface area contributed by atoms with Crippen molar-refractivity contribution in [1.82, 2.24) is 4.72 Å². The summed E-state index contributed by atoms with van der Waals surface area (Å²) in [7, 11) is -2.11. The Morgan fingerprint density at radius 1 is 1.21 bits per heavy atom. The largest absolute Gasteiger partial charge is 0.497 e. The van der Waals surface area contributed by atoms with Gasteiger partial charge >= 0.3 is 0 Å². The maximum absolute atomic E-state index is 12.7. The van der Waals surface area contributed by atoms with Crippen LogP contribution in [-0.4, -0.2) is 53.1 Å². The Bertz CT molecular complexity index is 1110. The van der Waals surface area contributed by atoms with E-state index in [2.05, 4.69) is 10.0 Å². The van der Waals surface area contributed by atoms with Crippen molar-refractivity contribution in [3.05, 3.63) is 48.5 Å². The average molecular weight is 474 g/mol. The molecule has 9 nitrogen and oxygen atoms in total. The Kier molecular flexibility index (Phi) is 6.96. The molecule has 2 fully saturated rings. The summed E-state index contributed by atoms with van der Waals surface area (Å²) >= 11 is 0. The van der Waals surface area contributed by atoms with Crippen molar-refractivity contribution in [3.63, 3.8) is 0 Å². The highest BCUT2D eigenvalue weighted by Crippen LogP contribution is 2.28. The molecule has 2 aliphatic rings. The molecule has 4 rings (SSSR count). The number of nitrogens with one attached hydrogen (secondary N) is 2. The number of carbonyl (C=O) groups is 2. The van der Waals surface area contributed by atoms with Gasteiger partial charge in [0.15, 0.2) is 0 Å². The molecule has 2 aliphatic heterocycles. The van der Waals surface area contributed by atoms with E-state index in [1.165, 1.54) is 24.3 Å². The second-order valence-electron chi connectivity index (χ2n) is 8.11. The molecule has 176 valence electrons. The van der Waals surface area contributed by atoms with Gasteiger partial charge in [0.1, 0.15) is 5.75 Å². The van der Waals surface area contributed by atoms with E-state index in [1.54, 1.807) is 36.3 Å². The molecule has 0 radical (unpaired) electrons. The third-order valence-electron chi connectivity index (χ3n) is 5.82. The van der Waals surface area contributed by atoms with E-state index in [4.69, 9.17) is 9.47 Å². The molecule has 2 N–H and O–H groups in total. The van der Waals surface area contributed by atoms with Crippen LogP contribution in [0.3, 0.4) is 0 Å². The highest BCUT2D eigenvalue weighted by atomic mass is 32.2. The van der Waals surface area contributed by atoms with Crippen molar-refractivity contribution in [3.8, 4) is 5.75 Å². The first-order chi connectivity index (χ1) is 15.9. The first-order valence-corrected chi connectivity index (χ1v) is 12.3. The van der Waals surface area contributed by atoms with Crippen LogP contribution >= 0.6 is 0 Å². The van der Waals surface area contributed by atoms with Crippen LogP contribution in [0.4, 0.5) is 11.4 Å². The van der Waals surface area contributed by atoms with Crippen LogP contribution in [0, 0.1) is 5.92 Å². The van der Waals surface area contributed by atoms with Gasteiger partial charge in [-0.3, -0.25) is 9.59 Å². The Balaban J connectivity index is 1.35. The molecule has 2 amide bonds. The normalized spacial score (nSPS) is 20.8. The number of sulfonamides is 1. The summed E-state index contributed by atoms with van der Waals surface area (Å²) < 4.78 is 38.2. The topological polar surface area (TPSA) is 114 Å². The lowest BCUT2D eigenvalue weighted by atomic mass is 10.1. The maximum atomic E-state index is 12.7. The number of hydrogen-bond donors (Lipinski definition) is 2. The fraction of sp³-hybridized carbons (Fsp3) is 0.391. The molecular weight excluding hydrogens is 446 g/mol. The number of anilines is 2. The number of amides is 2. The first-order valence-electron chi connectivity index (χ1n) is 10.8. The van der Waals surface area contributed by atoms with Crippen molar-refractivity contribution in [2.45, 2.75) is 30.3 Å². The molecule has 0 bridgehead atoms. The fourth-order valence-corrected chi connectivity index (χ4v) is 5.03. The van der Waals surface area contributed by atoms with Crippen molar-refractivity contribution in [1.29, 1.82) is 0 Å². The predicted octanol–water partition coefficient (Wildman–Crippen LogP) is 2.14. The van der Waals surface area contributed by atoms with Gasteiger partial charge in [-0.2, -0.15) is 0 Å². The lowest BCUT2D eigenvalue weighted by Gasteiger charge is -2.17. The zero-order valence-corrected chi connectivity index (χ0v) is 19.1. The van der Waals surface area contributed by atoms with Gasteiger partial charge in [0.25, 0.3) is 0 Å². The van der Waals surface area contributed by atoms with E-state index >= 15 is 0 Å². The van der Waals surface area contributed by atoms with Crippen molar-refractivity contribution in [2.75, 3.05) is 37.0 Å². The second-order valence-corrected chi connectivity index (χ2v) is 9.87. The van der Waals surface area contributed by atoms with Gasteiger partial charge in [0.05, 0.1) is 24.0 Å². The van der Waals surface area contributed by atoms with Gasteiger partial charge < -0.3 is 19.7 Å². The van der Waals surface area contributed by atoms with Crippen molar-refractivity contribution < 1.29 is 27.5 Å². The number of nitrogens with zero attached hydrogens (tertiary/aromatic N) is 1. The van der Waals surface area contributed by atoms with Gasteiger partial charge in [-0.25, -0.2) is 13.1 Å². The van der Waals surface area contributed by atoms with E-state index in [9.17, 15) is 18.0 Å². The monoisotopic (exact) mass is 473 g/mol. The van der Waals surface area contributed by atoms with Crippen LogP contribution in [-0.2, 0) is 24.3 Å². The number of benzene rings is 2. The van der Waals surface area contributed by atoms with E-state index in [0.29, 0.717) is 23.7 Å². The third-order valence-corrected chi connectivity index (χ3v) is 7.26. The van der Waals surface area contributed by atoms with Crippen molar-refractivity contribution in [2.24, 2.45) is 5.92 Å². The molecule has 2 unspecified atom stereocenters. The summed E-state index contributed by atoms with van der Waals surface area (Å²) in [6, 6.07) is 13.1. The zero-order chi connectivity index (χ0) is 23.4. The molecule has 2 aromatic carbocycles. The van der Waals surface area contributed by atoms with Gasteiger partial charge in [-0.05, 0) is 49.2 Å². The van der Waals surface area contributed by atoms with Crippen molar-refractivity contribution >= 4 is 33.2 Å². The fourth-order valence-electron chi connectivity index (χ4n) is 3.96. The second kappa shape index (κ2) is 9.90. The summed E-state index contributed by atoms with van der Waals surface area (Å²) in [5.41, 5.74) is 1.14. The summed E-state index contributed by atoms with van der Waals surface area (Å²) in [5.74, 6) is -0.309. The van der Waals surface area contributed by atoms with Gasteiger partial charge in [-0.1, -0.05) is 6.07 Å². The Hall–Kier alpha value is -2.95. The quantitative estimate of drug-likeness (QED) is 0.607. The van der Waals surface area contributed by atoms with Crippen LogP contribution < -0.4 is 19.7 Å². The summed E-state index contributed by atoms with van der Waals surface area (Å²) in [5, 5.41) is 2.78. The number of ether oxygens (including phenoxy) is 2. The average Bonchev–Trinajstić information content (AvgIpc) is 3.48.